The van der Waals surface area contributed by atoms with Gasteiger partial charge < -0.3 is 5.32 Å². The van der Waals surface area contributed by atoms with E-state index in [1.54, 1.807) is 6.92 Å². The molecule has 0 spiro atoms. The highest BCUT2D eigenvalue weighted by Crippen LogP contribution is 2.15. The summed E-state index contributed by atoms with van der Waals surface area (Å²) in [6.07, 6.45) is 0. The predicted molar refractivity (Wildman–Crippen MR) is 62.9 cm³/mol. The van der Waals surface area contributed by atoms with Crippen molar-refractivity contribution in [3.05, 3.63) is 40.7 Å². The molecule has 0 saturated heterocycles. The van der Waals surface area contributed by atoms with Gasteiger partial charge in [-0.15, -0.1) is 0 Å². The first-order valence-electron chi connectivity index (χ1n) is 5.25. The van der Waals surface area contributed by atoms with E-state index >= 15 is 0 Å². The standard InChI is InChI=1S/C12H13N3O2/c1-7-4-5-10(6-8(7)2)13-12(16)11-9(3)14-17-15-11/h4-6H,1-3H3,(H,13,16). The first-order chi connectivity index (χ1) is 8.08. The molecule has 17 heavy (non-hydrogen) atoms. The van der Waals surface area contributed by atoms with Crippen molar-refractivity contribution >= 4 is 11.6 Å². The molecule has 0 unspecified atom stereocenters. The third-order valence-electron chi connectivity index (χ3n) is 2.63. The van der Waals surface area contributed by atoms with Gasteiger partial charge in [-0.1, -0.05) is 11.2 Å². The van der Waals surface area contributed by atoms with Gasteiger partial charge in [-0.2, -0.15) is 0 Å². The molecule has 88 valence electrons. The Balaban J connectivity index is 2.19. The normalized spacial score (nSPS) is 10.3. The minimum atomic E-state index is -0.313. The average Bonchev–Trinajstić information content (AvgIpc) is 2.70. The van der Waals surface area contributed by atoms with Crippen LogP contribution in [0.1, 0.15) is 27.3 Å². The maximum Gasteiger partial charge on any atom is 0.279 e. The molecule has 1 heterocycles. The van der Waals surface area contributed by atoms with Gasteiger partial charge in [0.1, 0.15) is 5.69 Å². The van der Waals surface area contributed by atoms with Gasteiger partial charge in [-0.05, 0) is 49.2 Å². The zero-order chi connectivity index (χ0) is 12.4. The second-order valence-electron chi connectivity index (χ2n) is 3.95. The van der Waals surface area contributed by atoms with E-state index in [4.69, 9.17) is 0 Å². The minimum absolute atomic E-state index is 0.211. The first-order valence-corrected chi connectivity index (χ1v) is 5.25. The SMILES string of the molecule is Cc1ccc(NC(=O)c2nonc2C)cc1C. The van der Waals surface area contributed by atoms with E-state index in [1.807, 2.05) is 32.0 Å². The number of carbonyl (C=O) groups excluding carboxylic acids is 1. The molecule has 5 heteroatoms. The largest absolute Gasteiger partial charge is 0.320 e. The summed E-state index contributed by atoms with van der Waals surface area (Å²) in [6, 6.07) is 5.72. The van der Waals surface area contributed by atoms with Crippen LogP contribution in [-0.2, 0) is 0 Å². The van der Waals surface area contributed by atoms with Gasteiger partial charge >= 0.3 is 0 Å². The Hall–Kier alpha value is -2.17. The van der Waals surface area contributed by atoms with Gasteiger partial charge in [0.05, 0.1) is 0 Å². The lowest BCUT2D eigenvalue weighted by molar-refractivity contribution is 0.101. The highest BCUT2D eigenvalue weighted by Gasteiger charge is 2.14. The molecule has 0 aliphatic heterocycles. The van der Waals surface area contributed by atoms with Crippen molar-refractivity contribution in [3.8, 4) is 0 Å². The smallest absolute Gasteiger partial charge is 0.279 e. The lowest BCUT2D eigenvalue weighted by Crippen LogP contribution is -2.13. The van der Waals surface area contributed by atoms with Crippen LogP contribution < -0.4 is 5.32 Å². The average molecular weight is 231 g/mol. The molecule has 0 fully saturated rings. The van der Waals surface area contributed by atoms with E-state index in [0.29, 0.717) is 5.69 Å². The van der Waals surface area contributed by atoms with E-state index in [2.05, 4.69) is 20.3 Å². The van der Waals surface area contributed by atoms with Crippen LogP contribution in [0.2, 0.25) is 0 Å². The van der Waals surface area contributed by atoms with Crippen LogP contribution in [-0.4, -0.2) is 16.2 Å². The first kappa shape index (κ1) is 11.3. The van der Waals surface area contributed by atoms with Crippen molar-refractivity contribution in [2.45, 2.75) is 20.8 Å². The van der Waals surface area contributed by atoms with Gasteiger partial charge in [0, 0.05) is 5.69 Å². The highest BCUT2D eigenvalue weighted by atomic mass is 16.6. The molecule has 0 saturated carbocycles. The fraction of sp³-hybridized carbons (Fsp3) is 0.250. The lowest BCUT2D eigenvalue weighted by atomic mass is 10.1. The number of nitrogens with one attached hydrogen (secondary N) is 1. The molecule has 1 amide bonds. The summed E-state index contributed by atoms with van der Waals surface area (Å²) >= 11 is 0. The van der Waals surface area contributed by atoms with Crippen LogP contribution in [0.5, 0.6) is 0 Å². The van der Waals surface area contributed by atoms with E-state index in [9.17, 15) is 4.79 Å². The molecular weight excluding hydrogens is 218 g/mol. The Bertz CT molecular complexity index is 561. The van der Waals surface area contributed by atoms with Crippen molar-refractivity contribution in [1.82, 2.24) is 10.3 Å². The maximum atomic E-state index is 11.8. The Kier molecular flexibility index (Phi) is 2.91. The number of amides is 1. The van der Waals surface area contributed by atoms with Gasteiger partial charge in [0.2, 0.25) is 0 Å². The fourth-order valence-corrected chi connectivity index (χ4v) is 1.45. The highest BCUT2D eigenvalue weighted by molar-refractivity contribution is 6.03. The Morgan fingerprint density at radius 1 is 1.18 bits per heavy atom. The van der Waals surface area contributed by atoms with Crippen molar-refractivity contribution < 1.29 is 9.42 Å². The van der Waals surface area contributed by atoms with Crippen LogP contribution in [0.3, 0.4) is 0 Å². The molecule has 0 aliphatic carbocycles. The number of carbonyl (C=O) groups is 1. The van der Waals surface area contributed by atoms with Gasteiger partial charge in [-0.3, -0.25) is 4.79 Å². The minimum Gasteiger partial charge on any atom is -0.320 e. The number of benzene rings is 1. The summed E-state index contributed by atoms with van der Waals surface area (Å²) in [5.41, 5.74) is 3.73. The molecule has 0 bridgehead atoms. The molecule has 1 aromatic carbocycles. The van der Waals surface area contributed by atoms with Gasteiger partial charge in [0.25, 0.3) is 5.91 Å². The third kappa shape index (κ3) is 2.33. The molecule has 0 radical (unpaired) electrons. The number of hydrogen-bond donors (Lipinski definition) is 1. The summed E-state index contributed by atoms with van der Waals surface area (Å²) in [5.74, 6) is -0.313. The summed E-state index contributed by atoms with van der Waals surface area (Å²) < 4.78 is 4.49. The number of aryl methyl sites for hydroxylation is 3. The van der Waals surface area contributed by atoms with Crippen molar-refractivity contribution in [2.75, 3.05) is 5.32 Å². The summed E-state index contributed by atoms with van der Waals surface area (Å²) in [7, 11) is 0. The van der Waals surface area contributed by atoms with Crippen molar-refractivity contribution in [3.63, 3.8) is 0 Å². The molecule has 0 aliphatic rings. The Labute approximate surface area is 98.8 Å². The van der Waals surface area contributed by atoms with Crippen molar-refractivity contribution in [1.29, 1.82) is 0 Å². The molecule has 2 rings (SSSR count). The van der Waals surface area contributed by atoms with Crippen molar-refractivity contribution in [2.24, 2.45) is 0 Å². The summed E-state index contributed by atoms with van der Waals surface area (Å²) in [6.45, 7) is 5.69. The number of anilines is 1. The number of nitrogens with zero attached hydrogens (tertiary/aromatic N) is 2. The second-order valence-corrected chi connectivity index (χ2v) is 3.95. The van der Waals surface area contributed by atoms with Gasteiger partial charge in [-0.25, -0.2) is 4.63 Å². The van der Waals surface area contributed by atoms with Crippen LogP contribution in [0.15, 0.2) is 22.8 Å². The topological polar surface area (TPSA) is 68.0 Å². The third-order valence-corrected chi connectivity index (χ3v) is 2.63. The summed E-state index contributed by atoms with van der Waals surface area (Å²) in [4.78, 5) is 11.8. The van der Waals surface area contributed by atoms with E-state index in [0.717, 1.165) is 11.3 Å². The molecular formula is C12H13N3O2. The summed E-state index contributed by atoms with van der Waals surface area (Å²) in [5, 5.41) is 9.87. The number of rotatable bonds is 2. The molecule has 1 aromatic heterocycles. The van der Waals surface area contributed by atoms with E-state index in [1.165, 1.54) is 5.56 Å². The lowest BCUT2D eigenvalue weighted by Gasteiger charge is -2.06. The van der Waals surface area contributed by atoms with E-state index in [-0.39, 0.29) is 11.6 Å². The zero-order valence-electron chi connectivity index (χ0n) is 9.94. The van der Waals surface area contributed by atoms with Crippen LogP contribution in [0, 0.1) is 20.8 Å². The predicted octanol–water partition coefficient (Wildman–Crippen LogP) is 2.25. The Morgan fingerprint density at radius 3 is 2.53 bits per heavy atom. The molecule has 2 aromatic rings. The monoisotopic (exact) mass is 231 g/mol. The number of aromatic nitrogens is 2. The molecule has 1 N–H and O–H groups in total. The molecule has 5 nitrogen and oxygen atoms in total. The number of hydrogen-bond acceptors (Lipinski definition) is 4. The second kappa shape index (κ2) is 4.37. The van der Waals surface area contributed by atoms with E-state index < -0.39 is 0 Å². The quantitative estimate of drug-likeness (QED) is 0.860. The Morgan fingerprint density at radius 2 is 1.94 bits per heavy atom. The fourth-order valence-electron chi connectivity index (χ4n) is 1.45. The maximum absolute atomic E-state index is 11.8. The molecule has 0 atom stereocenters. The van der Waals surface area contributed by atoms with Gasteiger partial charge in [0.15, 0.2) is 5.69 Å². The van der Waals surface area contributed by atoms with Crippen LogP contribution in [0.4, 0.5) is 5.69 Å². The zero-order valence-corrected chi connectivity index (χ0v) is 9.94. The van der Waals surface area contributed by atoms with Crippen LogP contribution >= 0.6 is 0 Å². The van der Waals surface area contributed by atoms with Crippen LogP contribution in [0.25, 0.3) is 0 Å².